The molecule has 0 aliphatic carbocycles. The van der Waals surface area contributed by atoms with Crippen LogP contribution in [0, 0.1) is 13.8 Å². The van der Waals surface area contributed by atoms with Gasteiger partial charge in [0.15, 0.2) is 0 Å². The highest BCUT2D eigenvalue weighted by molar-refractivity contribution is 5.95. The van der Waals surface area contributed by atoms with Crippen LogP contribution in [0.3, 0.4) is 0 Å². The van der Waals surface area contributed by atoms with Crippen LogP contribution in [0.15, 0.2) is 18.2 Å². The van der Waals surface area contributed by atoms with Crippen LogP contribution in [0.25, 0.3) is 0 Å². The van der Waals surface area contributed by atoms with Crippen molar-refractivity contribution in [1.82, 2.24) is 0 Å². The van der Waals surface area contributed by atoms with Gasteiger partial charge < -0.3 is 11.1 Å². The van der Waals surface area contributed by atoms with Crippen LogP contribution in [0.1, 0.15) is 18.1 Å². The number of carbonyl (C=O) groups excluding carboxylic acids is 1. The van der Waals surface area contributed by atoms with E-state index in [1.54, 1.807) is 6.92 Å². The molecule has 3 nitrogen and oxygen atoms in total. The Morgan fingerprint density at radius 3 is 2.64 bits per heavy atom. The fourth-order valence-corrected chi connectivity index (χ4v) is 1.13. The standard InChI is InChI=1S/C11H16N2O/c1-7-5-4-6-10(8(7)2)13-11(14)9(3)12/h4-6,9H,12H2,1-3H3,(H,13,14)/t9-/m0/s1. The van der Waals surface area contributed by atoms with Crippen molar-refractivity contribution in [2.75, 3.05) is 5.32 Å². The maximum Gasteiger partial charge on any atom is 0.241 e. The lowest BCUT2D eigenvalue weighted by atomic mass is 10.1. The molecule has 0 unspecified atom stereocenters. The van der Waals surface area contributed by atoms with Gasteiger partial charge in [0.05, 0.1) is 6.04 Å². The zero-order chi connectivity index (χ0) is 10.7. The molecule has 14 heavy (non-hydrogen) atoms. The largest absolute Gasteiger partial charge is 0.324 e. The highest BCUT2D eigenvalue weighted by Gasteiger charge is 2.09. The molecule has 0 saturated carbocycles. The van der Waals surface area contributed by atoms with E-state index in [4.69, 9.17) is 5.73 Å². The molecule has 0 heterocycles. The molecule has 1 aromatic rings. The highest BCUT2D eigenvalue weighted by atomic mass is 16.2. The third kappa shape index (κ3) is 2.33. The summed E-state index contributed by atoms with van der Waals surface area (Å²) in [7, 11) is 0. The monoisotopic (exact) mass is 192 g/mol. The lowest BCUT2D eigenvalue weighted by molar-refractivity contribution is -0.117. The topological polar surface area (TPSA) is 55.1 Å². The minimum Gasteiger partial charge on any atom is -0.324 e. The van der Waals surface area contributed by atoms with Gasteiger partial charge in [-0.15, -0.1) is 0 Å². The molecule has 1 atom stereocenters. The van der Waals surface area contributed by atoms with E-state index in [9.17, 15) is 4.79 Å². The maximum absolute atomic E-state index is 11.3. The summed E-state index contributed by atoms with van der Waals surface area (Å²) in [6.45, 7) is 5.66. The summed E-state index contributed by atoms with van der Waals surface area (Å²) < 4.78 is 0. The van der Waals surface area contributed by atoms with Gasteiger partial charge in [-0.25, -0.2) is 0 Å². The normalized spacial score (nSPS) is 12.3. The minimum absolute atomic E-state index is 0.154. The number of hydrogen-bond donors (Lipinski definition) is 2. The molecular weight excluding hydrogens is 176 g/mol. The predicted octanol–water partition coefficient (Wildman–Crippen LogP) is 1.59. The Morgan fingerprint density at radius 2 is 2.07 bits per heavy atom. The van der Waals surface area contributed by atoms with Gasteiger partial charge in [-0.1, -0.05) is 12.1 Å². The molecule has 0 aromatic heterocycles. The quantitative estimate of drug-likeness (QED) is 0.747. The second-order valence-corrected chi connectivity index (χ2v) is 3.53. The van der Waals surface area contributed by atoms with Crippen molar-refractivity contribution in [2.45, 2.75) is 26.8 Å². The lowest BCUT2D eigenvalue weighted by Gasteiger charge is -2.11. The number of aryl methyl sites for hydroxylation is 1. The first-order chi connectivity index (χ1) is 6.52. The van der Waals surface area contributed by atoms with Crippen LogP contribution >= 0.6 is 0 Å². The first-order valence-corrected chi connectivity index (χ1v) is 4.65. The summed E-state index contributed by atoms with van der Waals surface area (Å²) in [4.78, 5) is 11.3. The molecule has 0 aliphatic heterocycles. The predicted molar refractivity (Wildman–Crippen MR) is 58.2 cm³/mol. The van der Waals surface area contributed by atoms with Crippen molar-refractivity contribution in [3.8, 4) is 0 Å². The van der Waals surface area contributed by atoms with Crippen molar-refractivity contribution in [1.29, 1.82) is 0 Å². The zero-order valence-corrected chi connectivity index (χ0v) is 8.79. The molecule has 76 valence electrons. The summed E-state index contributed by atoms with van der Waals surface area (Å²) in [5.74, 6) is -0.154. The molecule has 0 bridgehead atoms. The third-order valence-electron chi connectivity index (χ3n) is 2.28. The lowest BCUT2D eigenvalue weighted by Crippen LogP contribution is -2.32. The van der Waals surface area contributed by atoms with Gasteiger partial charge in [0, 0.05) is 5.69 Å². The molecule has 0 spiro atoms. The average Bonchev–Trinajstić information content (AvgIpc) is 2.12. The van der Waals surface area contributed by atoms with E-state index in [2.05, 4.69) is 5.32 Å². The molecular formula is C11H16N2O. The Kier molecular flexibility index (Phi) is 3.25. The average molecular weight is 192 g/mol. The Labute approximate surface area is 84.3 Å². The smallest absolute Gasteiger partial charge is 0.241 e. The molecule has 1 rings (SSSR count). The molecule has 0 aliphatic rings. The van der Waals surface area contributed by atoms with Crippen molar-refractivity contribution in [2.24, 2.45) is 5.73 Å². The SMILES string of the molecule is Cc1cccc(NC(=O)[C@H](C)N)c1C. The van der Waals surface area contributed by atoms with Crippen LogP contribution in [0.2, 0.25) is 0 Å². The van der Waals surface area contributed by atoms with E-state index in [1.807, 2.05) is 32.0 Å². The van der Waals surface area contributed by atoms with Crippen molar-refractivity contribution < 1.29 is 4.79 Å². The van der Waals surface area contributed by atoms with Gasteiger partial charge >= 0.3 is 0 Å². The van der Waals surface area contributed by atoms with Gasteiger partial charge in [-0.3, -0.25) is 4.79 Å². The van der Waals surface area contributed by atoms with Gasteiger partial charge in [-0.05, 0) is 38.0 Å². The van der Waals surface area contributed by atoms with E-state index in [0.29, 0.717) is 0 Å². The van der Waals surface area contributed by atoms with E-state index in [1.165, 1.54) is 0 Å². The van der Waals surface area contributed by atoms with Crippen LogP contribution in [-0.4, -0.2) is 11.9 Å². The molecule has 0 fully saturated rings. The van der Waals surface area contributed by atoms with Crippen molar-refractivity contribution >= 4 is 11.6 Å². The first kappa shape index (κ1) is 10.7. The summed E-state index contributed by atoms with van der Waals surface area (Å²) >= 11 is 0. The van der Waals surface area contributed by atoms with Gasteiger partial charge in [0.2, 0.25) is 5.91 Å². The maximum atomic E-state index is 11.3. The summed E-state index contributed by atoms with van der Waals surface area (Å²) in [5, 5.41) is 2.79. The highest BCUT2D eigenvalue weighted by Crippen LogP contribution is 2.17. The van der Waals surface area contributed by atoms with Crippen LogP contribution in [0.4, 0.5) is 5.69 Å². The summed E-state index contributed by atoms with van der Waals surface area (Å²) in [6.07, 6.45) is 0. The number of hydrogen-bond acceptors (Lipinski definition) is 2. The number of carbonyl (C=O) groups is 1. The Bertz CT molecular complexity index is 345. The molecule has 3 N–H and O–H groups in total. The van der Waals surface area contributed by atoms with Crippen LogP contribution in [0.5, 0.6) is 0 Å². The minimum atomic E-state index is -0.477. The number of anilines is 1. The van der Waals surface area contributed by atoms with Crippen molar-refractivity contribution in [3.63, 3.8) is 0 Å². The fourth-order valence-electron chi connectivity index (χ4n) is 1.13. The summed E-state index contributed by atoms with van der Waals surface area (Å²) in [5.41, 5.74) is 8.54. The van der Waals surface area contributed by atoms with E-state index >= 15 is 0 Å². The van der Waals surface area contributed by atoms with Gasteiger partial charge in [-0.2, -0.15) is 0 Å². The second-order valence-electron chi connectivity index (χ2n) is 3.53. The number of rotatable bonds is 2. The van der Waals surface area contributed by atoms with E-state index in [-0.39, 0.29) is 5.91 Å². The molecule has 3 heteroatoms. The van der Waals surface area contributed by atoms with Gasteiger partial charge in [0.1, 0.15) is 0 Å². The third-order valence-corrected chi connectivity index (χ3v) is 2.28. The second kappa shape index (κ2) is 4.24. The Hall–Kier alpha value is -1.35. The van der Waals surface area contributed by atoms with Gasteiger partial charge in [0.25, 0.3) is 0 Å². The fraction of sp³-hybridized carbons (Fsp3) is 0.364. The van der Waals surface area contributed by atoms with E-state index in [0.717, 1.165) is 16.8 Å². The molecule has 1 amide bonds. The number of nitrogens with two attached hydrogens (primary N) is 1. The Balaban J connectivity index is 2.87. The first-order valence-electron chi connectivity index (χ1n) is 4.65. The van der Waals surface area contributed by atoms with Crippen LogP contribution in [-0.2, 0) is 4.79 Å². The number of nitrogens with one attached hydrogen (secondary N) is 1. The van der Waals surface area contributed by atoms with Crippen LogP contribution < -0.4 is 11.1 Å². The molecule has 0 radical (unpaired) electrons. The molecule has 0 saturated heterocycles. The van der Waals surface area contributed by atoms with Crippen molar-refractivity contribution in [3.05, 3.63) is 29.3 Å². The number of amides is 1. The molecule has 1 aromatic carbocycles. The Morgan fingerprint density at radius 1 is 1.43 bits per heavy atom. The zero-order valence-electron chi connectivity index (χ0n) is 8.79. The number of benzene rings is 1. The van der Waals surface area contributed by atoms with E-state index < -0.39 is 6.04 Å². The summed E-state index contributed by atoms with van der Waals surface area (Å²) in [6, 6.07) is 5.33.